The van der Waals surface area contributed by atoms with Crippen molar-refractivity contribution in [1.82, 2.24) is 15.0 Å². The quantitative estimate of drug-likeness (QED) is 0.212. The third-order valence-electron chi connectivity index (χ3n) is 7.39. The van der Waals surface area contributed by atoms with E-state index in [1.807, 2.05) is 42.5 Å². The summed E-state index contributed by atoms with van der Waals surface area (Å²) in [6, 6.07) is 56.4. The van der Waals surface area contributed by atoms with Gasteiger partial charge in [-0.1, -0.05) is 164 Å². The molecular formula is C39H27N3. The zero-order valence-corrected chi connectivity index (χ0v) is 22.9. The van der Waals surface area contributed by atoms with Crippen molar-refractivity contribution in [2.75, 3.05) is 0 Å². The van der Waals surface area contributed by atoms with E-state index >= 15 is 0 Å². The summed E-state index contributed by atoms with van der Waals surface area (Å²) in [4.78, 5) is 14.7. The maximum absolute atomic E-state index is 4.93. The third kappa shape index (κ3) is 5.36. The molecule has 6 aromatic carbocycles. The summed E-state index contributed by atoms with van der Waals surface area (Å²) in [5, 5.41) is 0. The Morgan fingerprint density at radius 3 is 0.667 bits per heavy atom. The van der Waals surface area contributed by atoms with Gasteiger partial charge in [0, 0.05) is 16.7 Å². The summed E-state index contributed by atoms with van der Waals surface area (Å²) >= 11 is 0. The highest BCUT2D eigenvalue weighted by Gasteiger charge is 2.13. The molecule has 0 aliphatic carbocycles. The molecule has 7 aromatic rings. The Labute approximate surface area is 245 Å². The van der Waals surface area contributed by atoms with Crippen LogP contribution >= 0.6 is 0 Å². The zero-order valence-electron chi connectivity index (χ0n) is 22.9. The first kappa shape index (κ1) is 25.3. The van der Waals surface area contributed by atoms with Crippen molar-refractivity contribution < 1.29 is 0 Å². The molecule has 198 valence electrons. The van der Waals surface area contributed by atoms with Crippen LogP contribution in [-0.2, 0) is 0 Å². The minimum Gasteiger partial charge on any atom is -0.208 e. The Bertz CT molecular complexity index is 1920. The van der Waals surface area contributed by atoms with Crippen molar-refractivity contribution in [2.45, 2.75) is 0 Å². The molecule has 0 aliphatic heterocycles. The highest BCUT2D eigenvalue weighted by atomic mass is 15.0. The van der Waals surface area contributed by atoms with E-state index in [1.165, 1.54) is 22.3 Å². The van der Waals surface area contributed by atoms with Crippen LogP contribution in [0.15, 0.2) is 164 Å². The molecule has 0 fully saturated rings. The maximum Gasteiger partial charge on any atom is 0.164 e. The molecule has 1 heterocycles. The predicted molar refractivity (Wildman–Crippen MR) is 172 cm³/mol. The summed E-state index contributed by atoms with van der Waals surface area (Å²) in [5.41, 5.74) is 9.93. The van der Waals surface area contributed by atoms with E-state index in [-0.39, 0.29) is 0 Å². The lowest BCUT2D eigenvalue weighted by Gasteiger charge is -2.10. The Hall–Kier alpha value is -5.67. The third-order valence-corrected chi connectivity index (χ3v) is 7.39. The van der Waals surface area contributed by atoms with Gasteiger partial charge in [0.25, 0.3) is 0 Å². The lowest BCUT2D eigenvalue weighted by atomic mass is 9.99. The molecule has 0 bridgehead atoms. The molecule has 0 aliphatic rings. The second kappa shape index (κ2) is 11.4. The molecule has 0 saturated heterocycles. The summed E-state index contributed by atoms with van der Waals surface area (Å²) in [6.45, 7) is 0. The second-order valence-corrected chi connectivity index (χ2v) is 10.1. The van der Waals surface area contributed by atoms with Crippen LogP contribution in [-0.4, -0.2) is 15.0 Å². The number of rotatable bonds is 6. The molecule has 0 atom stereocenters. The number of hydrogen-bond acceptors (Lipinski definition) is 3. The first-order valence-electron chi connectivity index (χ1n) is 14.0. The molecule has 0 radical (unpaired) electrons. The monoisotopic (exact) mass is 537 g/mol. The van der Waals surface area contributed by atoms with Crippen molar-refractivity contribution >= 4 is 0 Å². The molecule has 3 heteroatoms. The average Bonchev–Trinajstić information content (AvgIpc) is 3.09. The van der Waals surface area contributed by atoms with Crippen LogP contribution in [0.3, 0.4) is 0 Å². The number of benzene rings is 6. The SMILES string of the molecule is c1ccc(-c2ccc(-c3ccc(-c4nc(-c5ccccc5)nc(-c5ccc(-c6ccccc6)cc5)n4)cc3)cc2)cc1. The standard InChI is InChI=1S/C39H27N3/c1-4-10-28(11-5-1)30-16-18-32(19-17-30)33-22-26-36(27-23-33)39-41-37(34-14-8-3-9-15-34)40-38(42-39)35-24-20-31(21-25-35)29-12-6-2-7-13-29/h1-27H. The van der Waals surface area contributed by atoms with Crippen LogP contribution < -0.4 is 0 Å². The Morgan fingerprint density at radius 2 is 0.381 bits per heavy atom. The van der Waals surface area contributed by atoms with Gasteiger partial charge in [-0.25, -0.2) is 15.0 Å². The zero-order chi connectivity index (χ0) is 28.1. The first-order chi connectivity index (χ1) is 20.8. The fourth-order valence-electron chi connectivity index (χ4n) is 5.09. The molecule has 0 N–H and O–H groups in total. The van der Waals surface area contributed by atoms with Crippen molar-refractivity contribution in [3.05, 3.63) is 164 Å². The lowest BCUT2D eigenvalue weighted by Crippen LogP contribution is -2.00. The first-order valence-corrected chi connectivity index (χ1v) is 14.0. The van der Waals surface area contributed by atoms with Gasteiger partial charge < -0.3 is 0 Å². The van der Waals surface area contributed by atoms with Crippen LogP contribution in [0.1, 0.15) is 0 Å². The minimum atomic E-state index is 0.650. The van der Waals surface area contributed by atoms with Crippen LogP contribution in [0.5, 0.6) is 0 Å². The van der Waals surface area contributed by atoms with Crippen LogP contribution in [0, 0.1) is 0 Å². The molecule has 0 spiro atoms. The highest BCUT2D eigenvalue weighted by molar-refractivity contribution is 5.74. The van der Waals surface area contributed by atoms with Crippen LogP contribution in [0.4, 0.5) is 0 Å². The summed E-state index contributed by atoms with van der Waals surface area (Å²) in [5.74, 6) is 1.96. The van der Waals surface area contributed by atoms with Gasteiger partial charge in [0.1, 0.15) is 0 Å². The van der Waals surface area contributed by atoms with Gasteiger partial charge in [-0.3, -0.25) is 0 Å². The number of aromatic nitrogens is 3. The van der Waals surface area contributed by atoms with E-state index in [1.54, 1.807) is 0 Å². The molecule has 0 unspecified atom stereocenters. The smallest absolute Gasteiger partial charge is 0.164 e. The molecule has 0 saturated carbocycles. The summed E-state index contributed by atoms with van der Waals surface area (Å²) in [7, 11) is 0. The highest BCUT2D eigenvalue weighted by Crippen LogP contribution is 2.29. The fraction of sp³-hybridized carbons (Fsp3) is 0. The van der Waals surface area contributed by atoms with Crippen molar-refractivity contribution in [1.29, 1.82) is 0 Å². The molecule has 7 rings (SSSR count). The largest absolute Gasteiger partial charge is 0.208 e. The van der Waals surface area contributed by atoms with Crippen molar-refractivity contribution in [2.24, 2.45) is 0 Å². The topological polar surface area (TPSA) is 38.7 Å². The van der Waals surface area contributed by atoms with Crippen LogP contribution in [0.25, 0.3) is 67.5 Å². The van der Waals surface area contributed by atoms with Crippen molar-refractivity contribution in [3.8, 4) is 67.5 Å². The lowest BCUT2D eigenvalue weighted by molar-refractivity contribution is 1.07. The van der Waals surface area contributed by atoms with Crippen molar-refractivity contribution in [3.63, 3.8) is 0 Å². The van der Waals surface area contributed by atoms with E-state index in [4.69, 9.17) is 15.0 Å². The van der Waals surface area contributed by atoms with E-state index in [9.17, 15) is 0 Å². The van der Waals surface area contributed by atoms with E-state index < -0.39 is 0 Å². The van der Waals surface area contributed by atoms with E-state index in [2.05, 4.69) is 121 Å². The Kier molecular flexibility index (Phi) is 6.89. The second-order valence-electron chi connectivity index (χ2n) is 10.1. The van der Waals surface area contributed by atoms with E-state index in [0.29, 0.717) is 17.5 Å². The van der Waals surface area contributed by atoms with Gasteiger partial charge in [-0.15, -0.1) is 0 Å². The normalized spacial score (nSPS) is 10.9. The molecule has 3 nitrogen and oxygen atoms in total. The average molecular weight is 538 g/mol. The number of hydrogen-bond donors (Lipinski definition) is 0. The van der Waals surface area contributed by atoms with Gasteiger partial charge in [0.05, 0.1) is 0 Å². The number of nitrogens with zero attached hydrogens (tertiary/aromatic N) is 3. The minimum absolute atomic E-state index is 0.650. The Morgan fingerprint density at radius 1 is 0.190 bits per heavy atom. The summed E-state index contributed by atoms with van der Waals surface area (Å²) in [6.07, 6.45) is 0. The fourth-order valence-corrected chi connectivity index (χ4v) is 5.09. The van der Waals surface area contributed by atoms with Gasteiger partial charge in [-0.2, -0.15) is 0 Å². The van der Waals surface area contributed by atoms with E-state index in [0.717, 1.165) is 27.8 Å². The molecular weight excluding hydrogens is 510 g/mol. The summed E-state index contributed by atoms with van der Waals surface area (Å²) < 4.78 is 0. The predicted octanol–water partition coefficient (Wildman–Crippen LogP) is 9.87. The van der Waals surface area contributed by atoms with Gasteiger partial charge >= 0.3 is 0 Å². The molecule has 42 heavy (non-hydrogen) atoms. The van der Waals surface area contributed by atoms with Gasteiger partial charge in [-0.05, 0) is 33.4 Å². The Balaban J connectivity index is 1.22. The molecule has 1 aromatic heterocycles. The maximum atomic E-state index is 4.93. The van der Waals surface area contributed by atoms with Gasteiger partial charge in [0.15, 0.2) is 17.5 Å². The van der Waals surface area contributed by atoms with Crippen LogP contribution in [0.2, 0.25) is 0 Å². The molecule has 0 amide bonds. The van der Waals surface area contributed by atoms with Gasteiger partial charge in [0.2, 0.25) is 0 Å².